The molecular weight excluding hydrogens is 322 g/mol. The fourth-order valence-corrected chi connectivity index (χ4v) is 3.42. The molecule has 1 unspecified atom stereocenters. The Bertz CT molecular complexity index is 774. The maximum Gasteiger partial charge on any atom is 0.0583 e. The quantitative estimate of drug-likeness (QED) is 0.689. The van der Waals surface area contributed by atoms with Gasteiger partial charge in [0.15, 0.2) is 0 Å². The van der Waals surface area contributed by atoms with Gasteiger partial charge in [-0.3, -0.25) is 0 Å². The van der Waals surface area contributed by atoms with Crippen LogP contribution in [0.1, 0.15) is 22.7 Å². The summed E-state index contributed by atoms with van der Waals surface area (Å²) in [5.74, 6) is 0. The van der Waals surface area contributed by atoms with E-state index >= 15 is 0 Å². The summed E-state index contributed by atoms with van der Waals surface area (Å²) in [4.78, 5) is 0. The number of aryl methyl sites for hydroxylation is 1. The van der Waals surface area contributed by atoms with Gasteiger partial charge in [0, 0.05) is 4.47 Å². The van der Waals surface area contributed by atoms with Gasteiger partial charge in [0.2, 0.25) is 0 Å². The van der Waals surface area contributed by atoms with Gasteiger partial charge in [-0.1, -0.05) is 64.5 Å². The Morgan fingerprint density at radius 2 is 1.67 bits per heavy atom. The molecule has 2 heteroatoms. The SMILES string of the molecule is CNC(c1ccc(Br)cc1C)c1cccc2ccccc12. The number of fused-ring (bicyclic) bond motifs is 1. The lowest BCUT2D eigenvalue weighted by Crippen LogP contribution is -2.19. The molecule has 21 heavy (non-hydrogen) atoms. The summed E-state index contributed by atoms with van der Waals surface area (Å²) in [6.07, 6.45) is 0. The smallest absolute Gasteiger partial charge is 0.0583 e. The van der Waals surface area contributed by atoms with Crippen LogP contribution in [0.3, 0.4) is 0 Å². The van der Waals surface area contributed by atoms with Crippen molar-refractivity contribution < 1.29 is 0 Å². The Labute approximate surface area is 134 Å². The molecule has 1 nitrogen and oxygen atoms in total. The summed E-state index contributed by atoms with van der Waals surface area (Å²) in [6.45, 7) is 2.16. The lowest BCUT2D eigenvalue weighted by atomic mass is 9.91. The molecule has 0 radical (unpaired) electrons. The van der Waals surface area contributed by atoms with Crippen molar-refractivity contribution in [1.82, 2.24) is 5.32 Å². The van der Waals surface area contributed by atoms with Crippen molar-refractivity contribution in [2.75, 3.05) is 7.05 Å². The summed E-state index contributed by atoms with van der Waals surface area (Å²) in [7, 11) is 2.02. The van der Waals surface area contributed by atoms with Crippen molar-refractivity contribution in [1.29, 1.82) is 0 Å². The molecule has 0 saturated carbocycles. The lowest BCUT2D eigenvalue weighted by Gasteiger charge is -2.21. The molecule has 0 aliphatic carbocycles. The normalized spacial score (nSPS) is 12.5. The highest BCUT2D eigenvalue weighted by Crippen LogP contribution is 2.31. The van der Waals surface area contributed by atoms with Crippen molar-refractivity contribution in [3.63, 3.8) is 0 Å². The highest BCUT2D eigenvalue weighted by molar-refractivity contribution is 9.10. The zero-order chi connectivity index (χ0) is 14.8. The van der Waals surface area contributed by atoms with Gasteiger partial charge in [0.25, 0.3) is 0 Å². The molecule has 0 fully saturated rings. The van der Waals surface area contributed by atoms with E-state index in [0.29, 0.717) is 0 Å². The van der Waals surface area contributed by atoms with Crippen LogP contribution in [0, 0.1) is 6.92 Å². The van der Waals surface area contributed by atoms with Crippen LogP contribution in [0.15, 0.2) is 65.1 Å². The van der Waals surface area contributed by atoms with Crippen LogP contribution in [0.2, 0.25) is 0 Å². The first-order valence-electron chi connectivity index (χ1n) is 7.11. The third-order valence-electron chi connectivity index (χ3n) is 3.97. The summed E-state index contributed by atoms with van der Waals surface area (Å²) in [6, 6.07) is 21.7. The van der Waals surface area contributed by atoms with Gasteiger partial charge in [-0.15, -0.1) is 0 Å². The third-order valence-corrected chi connectivity index (χ3v) is 4.46. The zero-order valence-electron chi connectivity index (χ0n) is 12.2. The fraction of sp³-hybridized carbons (Fsp3) is 0.158. The van der Waals surface area contributed by atoms with Gasteiger partial charge >= 0.3 is 0 Å². The summed E-state index contributed by atoms with van der Waals surface area (Å²) >= 11 is 3.54. The first kappa shape index (κ1) is 14.3. The second kappa shape index (κ2) is 6.00. The largest absolute Gasteiger partial charge is 0.309 e. The molecule has 3 aromatic rings. The maximum atomic E-state index is 3.54. The highest BCUT2D eigenvalue weighted by Gasteiger charge is 2.16. The summed E-state index contributed by atoms with van der Waals surface area (Å²) in [5.41, 5.74) is 3.93. The van der Waals surface area contributed by atoms with Crippen molar-refractivity contribution in [2.24, 2.45) is 0 Å². The van der Waals surface area contributed by atoms with Crippen LogP contribution in [0.4, 0.5) is 0 Å². The van der Waals surface area contributed by atoms with Gasteiger partial charge in [0.05, 0.1) is 6.04 Å². The van der Waals surface area contributed by atoms with Crippen LogP contribution < -0.4 is 5.32 Å². The predicted molar refractivity (Wildman–Crippen MR) is 93.7 cm³/mol. The minimum atomic E-state index is 0.198. The van der Waals surface area contributed by atoms with E-state index in [1.165, 1.54) is 27.5 Å². The number of halogens is 1. The molecule has 106 valence electrons. The Morgan fingerprint density at radius 1 is 0.905 bits per heavy atom. The van der Waals surface area contributed by atoms with Crippen molar-refractivity contribution in [3.8, 4) is 0 Å². The summed E-state index contributed by atoms with van der Waals surface area (Å²) in [5, 5.41) is 6.06. The van der Waals surface area contributed by atoms with E-state index in [0.717, 1.165) is 4.47 Å². The molecule has 1 N–H and O–H groups in total. The number of rotatable bonds is 3. The van der Waals surface area contributed by atoms with Gasteiger partial charge in [-0.05, 0) is 53.6 Å². The highest BCUT2D eigenvalue weighted by atomic mass is 79.9. The second-order valence-electron chi connectivity index (χ2n) is 5.29. The number of benzene rings is 3. The number of nitrogens with one attached hydrogen (secondary N) is 1. The van der Waals surface area contributed by atoms with E-state index in [-0.39, 0.29) is 6.04 Å². The molecule has 0 aromatic heterocycles. The molecule has 0 heterocycles. The van der Waals surface area contributed by atoms with Crippen LogP contribution in [-0.4, -0.2) is 7.05 Å². The Kier molecular flexibility index (Phi) is 4.09. The molecule has 0 saturated heterocycles. The lowest BCUT2D eigenvalue weighted by molar-refractivity contribution is 0.692. The van der Waals surface area contributed by atoms with Crippen LogP contribution in [0.25, 0.3) is 10.8 Å². The monoisotopic (exact) mass is 339 g/mol. The second-order valence-corrected chi connectivity index (χ2v) is 6.21. The Morgan fingerprint density at radius 3 is 2.43 bits per heavy atom. The molecule has 1 atom stereocenters. The number of hydrogen-bond acceptors (Lipinski definition) is 1. The van der Waals surface area contributed by atoms with Gasteiger partial charge < -0.3 is 5.32 Å². The van der Waals surface area contributed by atoms with E-state index in [9.17, 15) is 0 Å². The Balaban J connectivity index is 2.18. The van der Waals surface area contributed by atoms with E-state index < -0.39 is 0 Å². The first-order valence-corrected chi connectivity index (χ1v) is 7.91. The minimum Gasteiger partial charge on any atom is -0.309 e. The van der Waals surface area contributed by atoms with E-state index in [1.807, 2.05) is 7.05 Å². The van der Waals surface area contributed by atoms with Crippen molar-refractivity contribution >= 4 is 26.7 Å². The van der Waals surface area contributed by atoms with Crippen molar-refractivity contribution in [2.45, 2.75) is 13.0 Å². The number of hydrogen-bond donors (Lipinski definition) is 1. The third kappa shape index (κ3) is 2.74. The molecule has 3 rings (SSSR count). The van der Waals surface area contributed by atoms with Crippen LogP contribution >= 0.6 is 15.9 Å². The molecule has 0 aliphatic heterocycles. The summed E-state index contributed by atoms with van der Waals surface area (Å²) < 4.78 is 1.12. The predicted octanol–water partition coefficient (Wildman–Crippen LogP) is 5.22. The van der Waals surface area contributed by atoms with Crippen molar-refractivity contribution in [3.05, 3.63) is 81.8 Å². The average Bonchev–Trinajstić information content (AvgIpc) is 2.50. The molecule has 0 bridgehead atoms. The van der Waals surface area contributed by atoms with E-state index in [1.54, 1.807) is 0 Å². The van der Waals surface area contributed by atoms with E-state index in [2.05, 4.69) is 88.8 Å². The average molecular weight is 340 g/mol. The van der Waals surface area contributed by atoms with Gasteiger partial charge in [0.1, 0.15) is 0 Å². The molecule has 0 aliphatic rings. The molecule has 3 aromatic carbocycles. The van der Waals surface area contributed by atoms with Gasteiger partial charge in [-0.2, -0.15) is 0 Å². The van der Waals surface area contributed by atoms with Gasteiger partial charge in [-0.25, -0.2) is 0 Å². The minimum absolute atomic E-state index is 0.198. The first-order chi connectivity index (χ1) is 10.2. The fourth-order valence-electron chi connectivity index (χ4n) is 2.94. The maximum absolute atomic E-state index is 3.54. The molecule has 0 spiro atoms. The van der Waals surface area contributed by atoms with E-state index in [4.69, 9.17) is 0 Å². The standard InChI is InChI=1S/C19H18BrN/c1-13-12-15(20)10-11-16(13)19(21-2)18-9-5-7-14-6-3-4-8-17(14)18/h3-12,19,21H,1-2H3. The molecule has 0 amide bonds. The molecular formula is C19H18BrN. The Hall–Kier alpha value is -1.64. The topological polar surface area (TPSA) is 12.0 Å². The van der Waals surface area contributed by atoms with Crippen LogP contribution in [0.5, 0.6) is 0 Å². The van der Waals surface area contributed by atoms with Crippen LogP contribution in [-0.2, 0) is 0 Å². The zero-order valence-corrected chi connectivity index (χ0v) is 13.8.